The molecule has 0 amide bonds. The van der Waals surface area contributed by atoms with E-state index in [1.807, 2.05) is 4.57 Å². The fourth-order valence-electron chi connectivity index (χ4n) is 3.56. The third-order valence-electron chi connectivity index (χ3n) is 5.01. The lowest BCUT2D eigenvalue weighted by Gasteiger charge is -2.29. The van der Waals surface area contributed by atoms with Crippen molar-refractivity contribution in [2.24, 2.45) is 0 Å². The molecule has 0 aliphatic carbocycles. The first kappa shape index (κ1) is 17.5. The van der Waals surface area contributed by atoms with Crippen molar-refractivity contribution in [3.8, 4) is 16.9 Å². The quantitative estimate of drug-likeness (QED) is 0.724. The van der Waals surface area contributed by atoms with Crippen LogP contribution < -0.4 is 10.2 Å². The molecule has 138 valence electrons. The van der Waals surface area contributed by atoms with E-state index in [-0.39, 0.29) is 5.78 Å². The molecule has 1 saturated heterocycles. The molecule has 0 spiro atoms. The third kappa shape index (κ3) is 3.51. The Labute approximate surface area is 159 Å². The van der Waals surface area contributed by atoms with E-state index in [0.29, 0.717) is 5.69 Å². The molecule has 5 nitrogen and oxygen atoms in total. The number of ketones is 1. The Bertz CT molecular complexity index is 953. The van der Waals surface area contributed by atoms with Gasteiger partial charge >= 0.3 is 0 Å². The molecule has 0 unspecified atom stereocenters. The molecular weight excluding hydrogens is 336 g/mol. The van der Waals surface area contributed by atoms with E-state index in [4.69, 9.17) is 0 Å². The summed E-state index contributed by atoms with van der Waals surface area (Å²) in [5, 5.41) is 3.39. The van der Waals surface area contributed by atoms with Gasteiger partial charge in [0.15, 0.2) is 5.78 Å². The predicted molar refractivity (Wildman–Crippen MR) is 109 cm³/mol. The number of imidazole rings is 1. The van der Waals surface area contributed by atoms with Crippen molar-refractivity contribution in [3.63, 3.8) is 0 Å². The number of nitrogens with zero attached hydrogens (tertiary/aromatic N) is 3. The Morgan fingerprint density at radius 3 is 2.48 bits per heavy atom. The SMILES string of the molecule is CC(=O)c1ncn(-c2ccc(C)cc2)c1-c1cccc(N2CCNCC2)c1. The van der Waals surface area contributed by atoms with Crippen molar-refractivity contribution in [1.29, 1.82) is 0 Å². The molecule has 0 atom stereocenters. The molecule has 2 aromatic carbocycles. The Kier molecular flexibility index (Phi) is 4.77. The van der Waals surface area contributed by atoms with Crippen LogP contribution in [0.2, 0.25) is 0 Å². The van der Waals surface area contributed by atoms with E-state index < -0.39 is 0 Å². The second-order valence-electron chi connectivity index (χ2n) is 6.99. The fourth-order valence-corrected chi connectivity index (χ4v) is 3.56. The first-order valence-corrected chi connectivity index (χ1v) is 9.35. The molecule has 1 aromatic heterocycles. The van der Waals surface area contributed by atoms with Crippen molar-refractivity contribution in [2.45, 2.75) is 13.8 Å². The highest BCUT2D eigenvalue weighted by Gasteiger charge is 2.19. The van der Waals surface area contributed by atoms with Gasteiger partial charge in [-0.25, -0.2) is 4.98 Å². The van der Waals surface area contributed by atoms with Gasteiger partial charge in [-0.2, -0.15) is 0 Å². The van der Waals surface area contributed by atoms with Crippen molar-refractivity contribution in [1.82, 2.24) is 14.9 Å². The second-order valence-corrected chi connectivity index (χ2v) is 6.99. The summed E-state index contributed by atoms with van der Waals surface area (Å²) in [6.07, 6.45) is 1.74. The highest BCUT2D eigenvalue weighted by molar-refractivity contribution is 5.98. The van der Waals surface area contributed by atoms with Crippen molar-refractivity contribution in [3.05, 3.63) is 66.1 Å². The van der Waals surface area contributed by atoms with Gasteiger partial charge in [-0.15, -0.1) is 0 Å². The van der Waals surface area contributed by atoms with Gasteiger partial charge in [0.25, 0.3) is 0 Å². The topological polar surface area (TPSA) is 50.2 Å². The number of anilines is 1. The van der Waals surface area contributed by atoms with E-state index in [9.17, 15) is 4.79 Å². The normalized spacial score (nSPS) is 14.4. The molecule has 1 aliphatic heterocycles. The van der Waals surface area contributed by atoms with Crippen LogP contribution in [0.25, 0.3) is 16.9 Å². The summed E-state index contributed by atoms with van der Waals surface area (Å²) in [4.78, 5) is 19.0. The summed E-state index contributed by atoms with van der Waals surface area (Å²) in [6, 6.07) is 16.7. The molecule has 0 bridgehead atoms. The lowest BCUT2D eigenvalue weighted by molar-refractivity contribution is 0.101. The van der Waals surface area contributed by atoms with Crippen molar-refractivity contribution < 1.29 is 4.79 Å². The van der Waals surface area contributed by atoms with Crippen LogP contribution in [0.1, 0.15) is 23.0 Å². The molecule has 5 heteroatoms. The predicted octanol–water partition coefficient (Wildman–Crippen LogP) is 3.46. The number of hydrogen-bond donors (Lipinski definition) is 1. The van der Waals surface area contributed by atoms with Gasteiger partial charge in [0.2, 0.25) is 0 Å². The van der Waals surface area contributed by atoms with Gasteiger partial charge in [-0.3, -0.25) is 9.36 Å². The zero-order valence-corrected chi connectivity index (χ0v) is 15.8. The smallest absolute Gasteiger partial charge is 0.180 e. The third-order valence-corrected chi connectivity index (χ3v) is 5.01. The monoisotopic (exact) mass is 360 g/mol. The minimum absolute atomic E-state index is 0.0246. The van der Waals surface area contributed by atoms with Crippen LogP contribution in [0.4, 0.5) is 5.69 Å². The van der Waals surface area contributed by atoms with Crippen molar-refractivity contribution in [2.75, 3.05) is 31.1 Å². The van der Waals surface area contributed by atoms with Crippen LogP contribution in [0.15, 0.2) is 54.9 Å². The summed E-state index contributed by atoms with van der Waals surface area (Å²) in [5.74, 6) is -0.0246. The van der Waals surface area contributed by atoms with Crippen LogP contribution in [0.5, 0.6) is 0 Å². The summed E-state index contributed by atoms with van der Waals surface area (Å²) < 4.78 is 2.01. The van der Waals surface area contributed by atoms with Gasteiger partial charge in [0, 0.05) is 50.0 Å². The van der Waals surface area contributed by atoms with Crippen molar-refractivity contribution >= 4 is 11.5 Å². The number of aryl methyl sites for hydroxylation is 1. The fraction of sp³-hybridized carbons (Fsp3) is 0.273. The lowest BCUT2D eigenvalue weighted by Crippen LogP contribution is -2.43. The van der Waals surface area contributed by atoms with Gasteiger partial charge in [-0.1, -0.05) is 29.8 Å². The van der Waals surface area contributed by atoms with Crippen LogP contribution >= 0.6 is 0 Å². The molecule has 1 aliphatic rings. The Balaban J connectivity index is 1.81. The van der Waals surface area contributed by atoms with Crippen LogP contribution in [-0.2, 0) is 0 Å². The molecular formula is C22H24N4O. The molecule has 1 N–H and O–H groups in total. The lowest BCUT2D eigenvalue weighted by atomic mass is 10.1. The second kappa shape index (κ2) is 7.37. The molecule has 1 fully saturated rings. The first-order valence-electron chi connectivity index (χ1n) is 9.35. The van der Waals surface area contributed by atoms with E-state index in [2.05, 4.69) is 70.7 Å². The molecule has 3 aromatic rings. The average molecular weight is 360 g/mol. The number of nitrogens with one attached hydrogen (secondary N) is 1. The summed E-state index contributed by atoms with van der Waals surface area (Å²) in [7, 11) is 0. The molecule has 0 saturated carbocycles. The summed E-state index contributed by atoms with van der Waals surface area (Å²) in [6.45, 7) is 7.59. The number of Topliss-reactive ketones (excluding diaryl/α,β-unsaturated/α-hetero) is 1. The number of hydrogen-bond acceptors (Lipinski definition) is 4. The summed E-state index contributed by atoms with van der Waals surface area (Å²) in [5.41, 5.74) is 5.75. The number of aromatic nitrogens is 2. The minimum Gasteiger partial charge on any atom is -0.369 e. The maximum absolute atomic E-state index is 12.2. The van der Waals surface area contributed by atoms with Gasteiger partial charge < -0.3 is 10.2 Å². The number of carbonyl (C=O) groups is 1. The number of piperazine rings is 1. The van der Waals surface area contributed by atoms with E-state index in [1.54, 1.807) is 13.3 Å². The number of rotatable bonds is 4. The number of carbonyl (C=O) groups excluding carboxylic acids is 1. The van der Waals surface area contributed by atoms with Crippen LogP contribution in [-0.4, -0.2) is 41.5 Å². The molecule has 2 heterocycles. The minimum atomic E-state index is -0.0246. The number of benzene rings is 2. The first-order chi connectivity index (χ1) is 13.1. The van der Waals surface area contributed by atoms with Gasteiger partial charge in [0.1, 0.15) is 12.0 Å². The standard InChI is InChI=1S/C22H24N4O/c1-16-6-8-19(9-7-16)26-15-24-21(17(2)27)22(26)18-4-3-5-20(14-18)25-12-10-23-11-13-25/h3-9,14-15,23H,10-13H2,1-2H3. The van der Waals surface area contributed by atoms with Gasteiger partial charge in [-0.05, 0) is 31.2 Å². The average Bonchev–Trinajstić information content (AvgIpc) is 3.15. The molecule has 0 radical (unpaired) electrons. The molecule has 27 heavy (non-hydrogen) atoms. The summed E-state index contributed by atoms with van der Waals surface area (Å²) >= 11 is 0. The van der Waals surface area contributed by atoms with E-state index >= 15 is 0 Å². The maximum atomic E-state index is 12.2. The van der Waals surface area contributed by atoms with Crippen LogP contribution in [0, 0.1) is 6.92 Å². The van der Waals surface area contributed by atoms with E-state index in [0.717, 1.165) is 43.1 Å². The van der Waals surface area contributed by atoms with Crippen LogP contribution in [0.3, 0.4) is 0 Å². The maximum Gasteiger partial charge on any atom is 0.180 e. The highest BCUT2D eigenvalue weighted by Crippen LogP contribution is 2.30. The highest BCUT2D eigenvalue weighted by atomic mass is 16.1. The zero-order valence-electron chi connectivity index (χ0n) is 15.8. The Morgan fingerprint density at radius 1 is 1.04 bits per heavy atom. The molecule has 4 rings (SSSR count). The zero-order chi connectivity index (χ0) is 18.8. The Morgan fingerprint density at radius 2 is 1.78 bits per heavy atom. The largest absolute Gasteiger partial charge is 0.369 e. The Hall–Kier alpha value is -2.92. The van der Waals surface area contributed by atoms with E-state index in [1.165, 1.54) is 11.3 Å². The van der Waals surface area contributed by atoms with Gasteiger partial charge in [0.05, 0.1) is 5.69 Å².